The molecule has 4 N–H and O–H groups in total. The Bertz CT molecular complexity index is 540. The summed E-state index contributed by atoms with van der Waals surface area (Å²) in [7, 11) is 1.82. The third kappa shape index (κ3) is 3.52. The predicted molar refractivity (Wildman–Crippen MR) is 69.9 cm³/mol. The number of aromatic nitrogens is 5. The third-order valence-electron chi connectivity index (χ3n) is 2.14. The van der Waals surface area contributed by atoms with Gasteiger partial charge in [0.25, 0.3) is 0 Å². The smallest absolute Gasteiger partial charge is 0.323 e. The first-order chi connectivity index (χ1) is 9.21. The number of ether oxygens (including phenoxy) is 1. The normalized spacial score (nSPS) is 10.3. The average Bonchev–Trinajstić information content (AvgIpc) is 2.81. The van der Waals surface area contributed by atoms with E-state index in [0.29, 0.717) is 12.6 Å². The molecule has 0 unspecified atom stereocenters. The predicted octanol–water partition coefficient (Wildman–Crippen LogP) is 0.423. The maximum Gasteiger partial charge on any atom is 0.323 e. The van der Waals surface area contributed by atoms with E-state index >= 15 is 0 Å². The molecule has 0 atom stereocenters. The van der Waals surface area contributed by atoms with E-state index in [1.807, 2.05) is 14.0 Å². The number of rotatable bonds is 6. The molecule has 2 aromatic heterocycles. The molecule has 19 heavy (non-hydrogen) atoms. The molecule has 0 spiro atoms. The number of nitrogens with two attached hydrogens (primary N) is 1. The number of nitrogens with one attached hydrogen (secondary N) is 2. The van der Waals surface area contributed by atoms with E-state index in [1.165, 1.54) is 0 Å². The van der Waals surface area contributed by atoms with Gasteiger partial charge in [-0.25, -0.2) is 5.84 Å². The summed E-state index contributed by atoms with van der Waals surface area (Å²) in [6.07, 6.45) is 4.32. The van der Waals surface area contributed by atoms with Crippen molar-refractivity contribution < 1.29 is 4.74 Å². The third-order valence-corrected chi connectivity index (χ3v) is 2.14. The Balaban J connectivity index is 2.18. The van der Waals surface area contributed by atoms with Gasteiger partial charge >= 0.3 is 6.01 Å². The van der Waals surface area contributed by atoms with Gasteiger partial charge in [0.15, 0.2) is 0 Å². The zero-order valence-corrected chi connectivity index (χ0v) is 10.8. The van der Waals surface area contributed by atoms with Crippen molar-refractivity contribution in [2.45, 2.75) is 13.3 Å². The molecule has 0 saturated carbocycles. The van der Waals surface area contributed by atoms with Crippen LogP contribution in [0.4, 0.5) is 17.6 Å². The van der Waals surface area contributed by atoms with Crippen LogP contribution in [0.2, 0.25) is 0 Å². The van der Waals surface area contributed by atoms with Crippen LogP contribution in [0.5, 0.6) is 6.01 Å². The molecule has 0 amide bonds. The minimum absolute atomic E-state index is 0.219. The molecular weight excluding hydrogens is 248 g/mol. The molecule has 0 bridgehead atoms. The minimum Gasteiger partial charge on any atom is -0.463 e. The summed E-state index contributed by atoms with van der Waals surface area (Å²) in [5.41, 5.74) is 3.13. The van der Waals surface area contributed by atoms with Crippen molar-refractivity contribution >= 4 is 17.6 Å². The summed E-state index contributed by atoms with van der Waals surface area (Å²) in [6.45, 7) is 2.53. The van der Waals surface area contributed by atoms with Crippen LogP contribution in [-0.2, 0) is 7.05 Å². The maximum atomic E-state index is 5.36. The molecule has 0 aliphatic heterocycles. The minimum atomic E-state index is 0.219. The van der Waals surface area contributed by atoms with Crippen molar-refractivity contribution in [1.29, 1.82) is 0 Å². The van der Waals surface area contributed by atoms with Gasteiger partial charge in [0.2, 0.25) is 11.9 Å². The highest BCUT2D eigenvalue weighted by Gasteiger charge is 2.07. The summed E-state index contributed by atoms with van der Waals surface area (Å²) < 4.78 is 7.03. The van der Waals surface area contributed by atoms with Gasteiger partial charge in [-0.05, 0) is 6.42 Å². The first kappa shape index (κ1) is 13.0. The molecule has 2 aromatic rings. The Labute approximate surface area is 110 Å². The molecule has 0 aromatic carbocycles. The molecule has 0 aliphatic carbocycles. The van der Waals surface area contributed by atoms with Gasteiger partial charge in [0.05, 0.1) is 18.5 Å². The lowest BCUT2D eigenvalue weighted by molar-refractivity contribution is 0.292. The van der Waals surface area contributed by atoms with Crippen LogP contribution in [0, 0.1) is 0 Å². The largest absolute Gasteiger partial charge is 0.463 e. The van der Waals surface area contributed by atoms with E-state index in [1.54, 1.807) is 17.1 Å². The number of hydrogen-bond acceptors (Lipinski definition) is 8. The Morgan fingerprint density at radius 2 is 2.11 bits per heavy atom. The molecular formula is C10H16N8O. The fourth-order valence-corrected chi connectivity index (χ4v) is 1.35. The van der Waals surface area contributed by atoms with Gasteiger partial charge in [0.1, 0.15) is 0 Å². The first-order valence-corrected chi connectivity index (χ1v) is 5.82. The average molecular weight is 264 g/mol. The highest BCUT2D eigenvalue weighted by atomic mass is 16.5. The van der Waals surface area contributed by atoms with Crippen molar-refractivity contribution in [1.82, 2.24) is 24.7 Å². The number of nitrogens with zero attached hydrogens (tertiary/aromatic N) is 5. The number of hydrazine groups is 1. The Morgan fingerprint density at radius 3 is 2.74 bits per heavy atom. The zero-order valence-electron chi connectivity index (χ0n) is 10.8. The van der Waals surface area contributed by atoms with Crippen LogP contribution in [0.3, 0.4) is 0 Å². The molecule has 2 heterocycles. The molecule has 0 aliphatic rings. The van der Waals surface area contributed by atoms with E-state index in [2.05, 4.69) is 30.8 Å². The van der Waals surface area contributed by atoms with E-state index < -0.39 is 0 Å². The zero-order chi connectivity index (χ0) is 13.7. The number of anilines is 3. The van der Waals surface area contributed by atoms with E-state index in [4.69, 9.17) is 10.6 Å². The summed E-state index contributed by atoms with van der Waals surface area (Å²) in [5.74, 6) is 5.88. The van der Waals surface area contributed by atoms with Crippen LogP contribution < -0.4 is 21.3 Å². The van der Waals surface area contributed by atoms with Gasteiger partial charge in [-0.1, -0.05) is 6.92 Å². The lowest BCUT2D eigenvalue weighted by Gasteiger charge is -2.07. The molecule has 0 fully saturated rings. The van der Waals surface area contributed by atoms with Crippen molar-refractivity contribution in [2.75, 3.05) is 17.3 Å². The van der Waals surface area contributed by atoms with E-state index in [0.717, 1.165) is 12.1 Å². The number of hydrogen-bond donors (Lipinski definition) is 3. The molecule has 9 heteroatoms. The second-order valence-corrected chi connectivity index (χ2v) is 3.79. The van der Waals surface area contributed by atoms with Gasteiger partial charge in [-0.2, -0.15) is 20.1 Å². The standard InChI is InChI=1S/C10H16N8O/c1-3-4-19-10-15-8(14-9(16-10)17-11)13-7-5-12-18(2)6-7/h5-6H,3-4,11H2,1-2H3,(H2,13,14,15,16,17). The van der Waals surface area contributed by atoms with Gasteiger partial charge in [-0.3, -0.25) is 10.1 Å². The molecule has 102 valence electrons. The van der Waals surface area contributed by atoms with Crippen LogP contribution in [0.1, 0.15) is 13.3 Å². The molecule has 9 nitrogen and oxygen atoms in total. The number of aryl methyl sites for hydroxylation is 1. The second-order valence-electron chi connectivity index (χ2n) is 3.79. The van der Waals surface area contributed by atoms with Crippen LogP contribution in [0.15, 0.2) is 12.4 Å². The van der Waals surface area contributed by atoms with Crippen molar-refractivity contribution in [2.24, 2.45) is 12.9 Å². The monoisotopic (exact) mass is 264 g/mol. The van der Waals surface area contributed by atoms with Crippen LogP contribution in [0.25, 0.3) is 0 Å². The van der Waals surface area contributed by atoms with Crippen molar-refractivity contribution in [3.63, 3.8) is 0 Å². The molecule has 0 saturated heterocycles. The molecule has 0 radical (unpaired) electrons. The van der Waals surface area contributed by atoms with E-state index in [9.17, 15) is 0 Å². The van der Waals surface area contributed by atoms with Gasteiger partial charge in [0, 0.05) is 13.2 Å². The quantitative estimate of drug-likeness (QED) is 0.508. The van der Waals surface area contributed by atoms with Crippen LogP contribution >= 0.6 is 0 Å². The highest BCUT2D eigenvalue weighted by Crippen LogP contribution is 2.15. The van der Waals surface area contributed by atoms with Gasteiger partial charge < -0.3 is 10.1 Å². The van der Waals surface area contributed by atoms with Crippen LogP contribution in [-0.4, -0.2) is 31.3 Å². The molecule has 2 rings (SSSR count). The SMILES string of the molecule is CCCOc1nc(NN)nc(Nc2cnn(C)c2)n1. The summed E-state index contributed by atoms with van der Waals surface area (Å²) in [4.78, 5) is 12.2. The Morgan fingerprint density at radius 1 is 1.32 bits per heavy atom. The number of nitrogen functional groups attached to an aromatic ring is 1. The lowest BCUT2D eigenvalue weighted by Crippen LogP contribution is -2.13. The summed E-state index contributed by atoms with van der Waals surface area (Å²) in [6, 6.07) is 0.219. The van der Waals surface area contributed by atoms with Crippen molar-refractivity contribution in [3.8, 4) is 6.01 Å². The lowest BCUT2D eigenvalue weighted by atomic mass is 10.5. The fourth-order valence-electron chi connectivity index (χ4n) is 1.35. The topological polar surface area (TPSA) is 116 Å². The fraction of sp³-hybridized carbons (Fsp3) is 0.400. The van der Waals surface area contributed by atoms with E-state index in [-0.39, 0.29) is 12.0 Å². The second kappa shape index (κ2) is 5.96. The first-order valence-electron chi connectivity index (χ1n) is 5.82. The summed E-state index contributed by atoms with van der Waals surface area (Å²) in [5, 5.41) is 7.03. The summed E-state index contributed by atoms with van der Waals surface area (Å²) >= 11 is 0. The van der Waals surface area contributed by atoms with Crippen molar-refractivity contribution in [3.05, 3.63) is 12.4 Å². The maximum absolute atomic E-state index is 5.36. The Hall–Kier alpha value is -2.42. The Kier molecular flexibility index (Phi) is 4.08. The highest BCUT2D eigenvalue weighted by molar-refractivity contribution is 5.51. The van der Waals surface area contributed by atoms with Gasteiger partial charge in [-0.15, -0.1) is 0 Å².